The van der Waals surface area contributed by atoms with Crippen molar-refractivity contribution in [3.63, 3.8) is 0 Å². The van der Waals surface area contributed by atoms with Gasteiger partial charge in [0.15, 0.2) is 5.82 Å². The first-order chi connectivity index (χ1) is 7.59. The van der Waals surface area contributed by atoms with Gasteiger partial charge in [-0.15, -0.1) is 0 Å². The van der Waals surface area contributed by atoms with E-state index in [2.05, 4.69) is 15.6 Å². The highest BCUT2D eigenvalue weighted by molar-refractivity contribution is 5.90. The van der Waals surface area contributed by atoms with Crippen molar-refractivity contribution in [2.45, 2.75) is 26.3 Å². The summed E-state index contributed by atoms with van der Waals surface area (Å²) in [6, 6.07) is 1.77. The summed E-state index contributed by atoms with van der Waals surface area (Å²) in [7, 11) is 0. The third-order valence-electron chi connectivity index (χ3n) is 1.95. The van der Waals surface area contributed by atoms with Crippen LogP contribution < -0.4 is 10.6 Å². The molecule has 0 bridgehead atoms. The molecule has 0 aromatic carbocycles. The van der Waals surface area contributed by atoms with E-state index < -0.39 is 5.82 Å². The Morgan fingerprint density at radius 1 is 1.56 bits per heavy atom. The Morgan fingerprint density at radius 2 is 2.31 bits per heavy atom. The number of nitrogens with one attached hydrogen (secondary N) is 2. The second kappa shape index (κ2) is 6.17. The SMILES string of the molecule is CC(C)NCCC(=O)Nc1ccncc1F. The number of pyridine rings is 1. The Morgan fingerprint density at radius 3 is 2.94 bits per heavy atom. The van der Waals surface area contributed by atoms with Gasteiger partial charge >= 0.3 is 0 Å². The maximum Gasteiger partial charge on any atom is 0.225 e. The van der Waals surface area contributed by atoms with E-state index in [0.717, 1.165) is 6.20 Å². The van der Waals surface area contributed by atoms with Gasteiger partial charge in [0.05, 0.1) is 11.9 Å². The number of hydrogen-bond donors (Lipinski definition) is 2. The van der Waals surface area contributed by atoms with Crippen LogP contribution in [0.1, 0.15) is 20.3 Å². The topological polar surface area (TPSA) is 54.0 Å². The van der Waals surface area contributed by atoms with Crippen molar-refractivity contribution in [2.75, 3.05) is 11.9 Å². The molecule has 16 heavy (non-hydrogen) atoms. The van der Waals surface area contributed by atoms with E-state index >= 15 is 0 Å². The number of rotatable bonds is 5. The lowest BCUT2D eigenvalue weighted by Crippen LogP contribution is -2.27. The van der Waals surface area contributed by atoms with E-state index in [1.54, 1.807) is 0 Å². The molecule has 0 spiro atoms. The van der Waals surface area contributed by atoms with Crippen LogP contribution >= 0.6 is 0 Å². The Labute approximate surface area is 94.3 Å². The Balaban J connectivity index is 2.37. The van der Waals surface area contributed by atoms with Crippen LogP contribution in [0, 0.1) is 5.82 Å². The highest BCUT2D eigenvalue weighted by Gasteiger charge is 2.06. The summed E-state index contributed by atoms with van der Waals surface area (Å²) in [5, 5.41) is 5.60. The number of amides is 1. The lowest BCUT2D eigenvalue weighted by Gasteiger charge is -2.08. The van der Waals surface area contributed by atoms with Crippen LogP contribution in [0.4, 0.5) is 10.1 Å². The van der Waals surface area contributed by atoms with Crippen molar-refractivity contribution in [1.29, 1.82) is 0 Å². The molecular formula is C11H16FN3O. The monoisotopic (exact) mass is 225 g/mol. The molecule has 4 nitrogen and oxygen atoms in total. The Kier molecular flexibility index (Phi) is 4.85. The highest BCUT2D eigenvalue weighted by Crippen LogP contribution is 2.10. The van der Waals surface area contributed by atoms with Gasteiger partial charge in [0, 0.05) is 25.2 Å². The predicted octanol–water partition coefficient (Wildman–Crippen LogP) is 1.55. The van der Waals surface area contributed by atoms with E-state index in [1.165, 1.54) is 12.3 Å². The number of hydrogen-bond acceptors (Lipinski definition) is 3. The molecule has 1 aromatic heterocycles. The standard InChI is InChI=1S/C11H16FN3O/c1-8(2)14-6-4-11(16)15-10-3-5-13-7-9(10)12/h3,5,7-8,14H,4,6H2,1-2H3,(H,13,15,16). The van der Waals surface area contributed by atoms with Crippen molar-refractivity contribution in [3.8, 4) is 0 Å². The molecule has 88 valence electrons. The number of carbonyl (C=O) groups excluding carboxylic acids is 1. The molecule has 1 aromatic rings. The molecule has 1 heterocycles. The summed E-state index contributed by atoms with van der Waals surface area (Å²) in [5.74, 6) is -0.731. The number of aromatic nitrogens is 1. The Bertz CT molecular complexity index is 355. The summed E-state index contributed by atoms with van der Waals surface area (Å²) >= 11 is 0. The van der Waals surface area contributed by atoms with Gasteiger partial charge in [-0.05, 0) is 6.07 Å². The lowest BCUT2D eigenvalue weighted by atomic mass is 10.3. The average molecular weight is 225 g/mol. The van der Waals surface area contributed by atoms with Gasteiger partial charge in [-0.3, -0.25) is 9.78 Å². The molecule has 0 saturated carbocycles. The smallest absolute Gasteiger partial charge is 0.225 e. The molecule has 1 rings (SSSR count). The molecule has 0 fully saturated rings. The second-order valence-corrected chi connectivity index (χ2v) is 3.76. The van der Waals surface area contributed by atoms with E-state index in [-0.39, 0.29) is 11.6 Å². The van der Waals surface area contributed by atoms with Crippen LogP contribution in [0.3, 0.4) is 0 Å². The zero-order chi connectivity index (χ0) is 12.0. The summed E-state index contributed by atoms with van der Waals surface area (Å²) in [5.41, 5.74) is 0.171. The van der Waals surface area contributed by atoms with Gasteiger partial charge in [0.1, 0.15) is 0 Å². The predicted molar refractivity (Wildman–Crippen MR) is 60.6 cm³/mol. The van der Waals surface area contributed by atoms with Gasteiger partial charge in [0.2, 0.25) is 5.91 Å². The number of halogens is 1. The first-order valence-electron chi connectivity index (χ1n) is 5.22. The largest absolute Gasteiger partial charge is 0.323 e. The quantitative estimate of drug-likeness (QED) is 0.799. The molecule has 0 radical (unpaired) electrons. The van der Waals surface area contributed by atoms with Crippen LogP contribution in [0.2, 0.25) is 0 Å². The fraction of sp³-hybridized carbons (Fsp3) is 0.455. The summed E-state index contributed by atoms with van der Waals surface area (Å²) in [6.07, 6.45) is 2.83. The zero-order valence-corrected chi connectivity index (χ0v) is 9.46. The molecule has 0 atom stereocenters. The molecule has 0 aliphatic rings. The maximum absolute atomic E-state index is 13.1. The van der Waals surface area contributed by atoms with Crippen molar-refractivity contribution in [2.24, 2.45) is 0 Å². The average Bonchev–Trinajstić information content (AvgIpc) is 2.21. The molecule has 0 aliphatic heterocycles. The van der Waals surface area contributed by atoms with Crippen LogP contribution in [0.5, 0.6) is 0 Å². The van der Waals surface area contributed by atoms with E-state index in [4.69, 9.17) is 0 Å². The van der Waals surface area contributed by atoms with Crippen molar-refractivity contribution >= 4 is 11.6 Å². The van der Waals surface area contributed by atoms with E-state index in [0.29, 0.717) is 19.0 Å². The third-order valence-corrected chi connectivity index (χ3v) is 1.95. The molecule has 0 saturated heterocycles. The second-order valence-electron chi connectivity index (χ2n) is 3.76. The molecule has 5 heteroatoms. The number of nitrogens with zero attached hydrogens (tertiary/aromatic N) is 1. The van der Waals surface area contributed by atoms with E-state index in [1.807, 2.05) is 13.8 Å². The van der Waals surface area contributed by atoms with E-state index in [9.17, 15) is 9.18 Å². The van der Waals surface area contributed by atoms with Crippen LogP contribution in [0.15, 0.2) is 18.5 Å². The first-order valence-corrected chi connectivity index (χ1v) is 5.22. The first kappa shape index (κ1) is 12.6. The zero-order valence-electron chi connectivity index (χ0n) is 9.46. The minimum absolute atomic E-state index is 0.171. The third kappa shape index (κ3) is 4.35. The molecule has 2 N–H and O–H groups in total. The van der Waals surface area contributed by atoms with Gasteiger partial charge in [0.25, 0.3) is 0 Å². The maximum atomic E-state index is 13.1. The minimum Gasteiger partial charge on any atom is -0.323 e. The molecular weight excluding hydrogens is 209 g/mol. The fourth-order valence-electron chi connectivity index (χ4n) is 1.16. The van der Waals surface area contributed by atoms with Crippen molar-refractivity contribution in [1.82, 2.24) is 10.3 Å². The van der Waals surface area contributed by atoms with Crippen molar-refractivity contribution in [3.05, 3.63) is 24.3 Å². The Hall–Kier alpha value is -1.49. The van der Waals surface area contributed by atoms with Crippen LogP contribution in [0.25, 0.3) is 0 Å². The normalized spacial score (nSPS) is 10.5. The summed E-state index contributed by atoms with van der Waals surface area (Å²) in [4.78, 5) is 15.0. The van der Waals surface area contributed by atoms with Gasteiger partial charge in [-0.2, -0.15) is 0 Å². The summed E-state index contributed by atoms with van der Waals surface area (Å²) in [6.45, 7) is 4.58. The molecule has 0 unspecified atom stereocenters. The van der Waals surface area contributed by atoms with Crippen LogP contribution in [-0.2, 0) is 4.79 Å². The van der Waals surface area contributed by atoms with Gasteiger partial charge in [-0.25, -0.2) is 4.39 Å². The lowest BCUT2D eigenvalue weighted by molar-refractivity contribution is -0.116. The van der Waals surface area contributed by atoms with Crippen LogP contribution in [-0.4, -0.2) is 23.5 Å². The summed E-state index contributed by atoms with van der Waals surface area (Å²) < 4.78 is 13.1. The fourth-order valence-corrected chi connectivity index (χ4v) is 1.16. The molecule has 1 amide bonds. The molecule has 0 aliphatic carbocycles. The highest BCUT2D eigenvalue weighted by atomic mass is 19.1. The number of carbonyl (C=O) groups is 1. The van der Waals surface area contributed by atoms with Gasteiger partial charge < -0.3 is 10.6 Å². The van der Waals surface area contributed by atoms with Crippen molar-refractivity contribution < 1.29 is 9.18 Å². The number of anilines is 1. The van der Waals surface area contributed by atoms with Gasteiger partial charge in [-0.1, -0.05) is 13.8 Å². The minimum atomic E-state index is -0.521.